The van der Waals surface area contributed by atoms with E-state index in [2.05, 4.69) is 26.5 Å². The second-order valence-electron chi connectivity index (χ2n) is 3.73. The average molecular weight is 138 g/mol. The van der Waals surface area contributed by atoms with Crippen molar-refractivity contribution in [3.8, 4) is 0 Å². The average Bonchev–Trinajstić information content (AvgIpc) is 2.69. The highest BCUT2D eigenvalue weighted by Crippen LogP contribution is 2.48. The number of allylic oxidation sites excluding steroid dienone is 1. The Labute approximate surface area is 64.3 Å². The zero-order valence-corrected chi connectivity index (χ0v) is 7.19. The van der Waals surface area contributed by atoms with Gasteiger partial charge < -0.3 is 0 Å². The molecule has 1 fully saturated rings. The van der Waals surface area contributed by atoms with Crippen molar-refractivity contribution in [1.82, 2.24) is 0 Å². The summed E-state index contributed by atoms with van der Waals surface area (Å²) in [6.07, 6.45) is 7.64. The van der Waals surface area contributed by atoms with Gasteiger partial charge >= 0.3 is 0 Å². The second kappa shape index (κ2) is 2.77. The Morgan fingerprint density at radius 3 is 2.50 bits per heavy atom. The Morgan fingerprint density at radius 1 is 1.60 bits per heavy atom. The summed E-state index contributed by atoms with van der Waals surface area (Å²) >= 11 is 0. The van der Waals surface area contributed by atoms with Gasteiger partial charge in [-0.1, -0.05) is 26.3 Å². The molecule has 1 unspecified atom stereocenters. The van der Waals surface area contributed by atoms with Crippen LogP contribution in [0.4, 0.5) is 0 Å². The van der Waals surface area contributed by atoms with Crippen molar-refractivity contribution in [2.45, 2.75) is 39.5 Å². The summed E-state index contributed by atoms with van der Waals surface area (Å²) in [5, 5.41) is 0. The lowest BCUT2D eigenvalue weighted by Gasteiger charge is -2.24. The second-order valence-corrected chi connectivity index (χ2v) is 3.73. The zero-order valence-electron chi connectivity index (χ0n) is 7.19. The SMILES string of the molecule is C=CC(C)(CCC)C1CC1. The van der Waals surface area contributed by atoms with Crippen LogP contribution in [0.15, 0.2) is 12.7 Å². The smallest absolute Gasteiger partial charge is 0.0121 e. The third-order valence-electron chi connectivity index (χ3n) is 2.76. The summed E-state index contributed by atoms with van der Waals surface area (Å²) in [6.45, 7) is 8.52. The van der Waals surface area contributed by atoms with E-state index in [1.807, 2.05) is 0 Å². The van der Waals surface area contributed by atoms with Crippen LogP contribution in [0.5, 0.6) is 0 Å². The third kappa shape index (κ3) is 1.42. The highest BCUT2D eigenvalue weighted by Gasteiger charge is 2.37. The van der Waals surface area contributed by atoms with Crippen LogP contribution < -0.4 is 0 Å². The Kier molecular flexibility index (Phi) is 2.18. The Balaban J connectivity index is 2.47. The van der Waals surface area contributed by atoms with Gasteiger partial charge in [-0.15, -0.1) is 6.58 Å². The number of hydrogen-bond donors (Lipinski definition) is 0. The molecule has 0 heteroatoms. The van der Waals surface area contributed by atoms with Crippen molar-refractivity contribution in [3.63, 3.8) is 0 Å². The lowest BCUT2D eigenvalue weighted by Crippen LogP contribution is -2.14. The lowest BCUT2D eigenvalue weighted by molar-refractivity contribution is 0.333. The molecule has 0 nitrogen and oxygen atoms in total. The number of hydrogen-bond acceptors (Lipinski definition) is 0. The van der Waals surface area contributed by atoms with Crippen molar-refractivity contribution < 1.29 is 0 Å². The molecule has 1 aliphatic carbocycles. The molecule has 1 rings (SSSR count). The van der Waals surface area contributed by atoms with Crippen LogP contribution in [0.1, 0.15) is 39.5 Å². The van der Waals surface area contributed by atoms with Crippen molar-refractivity contribution in [2.24, 2.45) is 11.3 Å². The number of rotatable bonds is 4. The Morgan fingerprint density at radius 2 is 2.20 bits per heavy atom. The minimum absolute atomic E-state index is 0.467. The van der Waals surface area contributed by atoms with Crippen LogP contribution >= 0.6 is 0 Å². The fraction of sp³-hybridized carbons (Fsp3) is 0.800. The molecule has 0 aromatic rings. The fourth-order valence-corrected chi connectivity index (χ4v) is 1.75. The molecule has 58 valence electrons. The summed E-state index contributed by atoms with van der Waals surface area (Å²) in [7, 11) is 0. The quantitative estimate of drug-likeness (QED) is 0.522. The normalized spacial score (nSPS) is 23.8. The topological polar surface area (TPSA) is 0 Å². The van der Waals surface area contributed by atoms with Crippen LogP contribution in [0.2, 0.25) is 0 Å². The molecular formula is C10H18. The van der Waals surface area contributed by atoms with E-state index in [1.165, 1.54) is 25.7 Å². The van der Waals surface area contributed by atoms with E-state index in [-0.39, 0.29) is 0 Å². The molecular weight excluding hydrogens is 120 g/mol. The van der Waals surface area contributed by atoms with Crippen LogP contribution in [-0.4, -0.2) is 0 Å². The first-order valence-electron chi connectivity index (χ1n) is 4.36. The summed E-state index contributed by atoms with van der Waals surface area (Å²) in [4.78, 5) is 0. The van der Waals surface area contributed by atoms with Crippen LogP contribution in [0.3, 0.4) is 0 Å². The highest BCUT2D eigenvalue weighted by molar-refractivity contribution is 5.01. The van der Waals surface area contributed by atoms with Crippen LogP contribution in [0, 0.1) is 11.3 Å². The van der Waals surface area contributed by atoms with E-state index in [0.29, 0.717) is 5.41 Å². The van der Waals surface area contributed by atoms with Crippen molar-refractivity contribution in [3.05, 3.63) is 12.7 Å². The molecule has 1 aliphatic rings. The van der Waals surface area contributed by atoms with Gasteiger partial charge in [-0.2, -0.15) is 0 Å². The van der Waals surface area contributed by atoms with Gasteiger partial charge in [-0.25, -0.2) is 0 Å². The predicted molar refractivity (Wildman–Crippen MR) is 45.9 cm³/mol. The molecule has 0 N–H and O–H groups in total. The third-order valence-corrected chi connectivity index (χ3v) is 2.76. The highest BCUT2D eigenvalue weighted by atomic mass is 14.4. The van der Waals surface area contributed by atoms with Gasteiger partial charge in [0, 0.05) is 0 Å². The largest absolute Gasteiger partial charge is 0.103 e. The van der Waals surface area contributed by atoms with Gasteiger partial charge in [0.15, 0.2) is 0 Å². The lowest BCUT2D eigenvalue weighted by atomic mass is 9.81. The molecule has 0 saturated heterocycles. The summed E-state index contributed by atoms with van der Waals surface area (Å²) in [5.41, 5.74) is 0.467. The van der Waals surface area contributed by atoms with Gasteiger partial charge in [0.2, 0.25) is 0 Å². The zero-order chi connectivity index (χ0) is 7.61. The maximum Gasteiger partial charge on any atom is -0.0121 e. The van der Waals surface area contributed by atoms with E-state index >= 15 is 0 Å². The van der Waals surface area contributed by atoms with Crippen LogP contribution in [0.25, 0.3) is 0 Å². The molecule has 0 aliphatic heterocycles. The van der Waals surface area contributed by atoms with E-state index in [1.54, 1.807) is 0 Å². The van der Waals surface area contributed by atoms with Gasteiger partial charge in [-0.3, -0.25) is 0 Å². The van der Waals surface area contributed by atoms with Crippen LogP contribution in [-0.2, 0) is 0 Å². The molecule has 0 bridgehead atoms. The molecule has 0 amide bonds. The van der Waals surface area contributed by atoms with Gasteiger partial charge in [0.25, 0.3) is 0 Å². The molecule has 10 heavy (non-hydrogen) atoms. The first kappa shape index (κ1) is 7.84. The maximum absolute atomic E-state index is 3.91. The minimum atomic E-state index is 0.467. The molecule has 0 heterocycles. The van der Waals surface area contributed by atoms with E-state index in [4.69, 9.17) is 0 Å². The molecule has 0 aromatic carbocycles. The predicted octanol–water partition coefficient (Wildman–Crippen LogP) is 3.39. The Bertz CT molecular complexity index is 122. The van der Waals surface area contributed by atoms with E-state index < -0.39 is 0 Å². The summed E-state index contributed by atoms with van der Waals surface area (Å²) in [6, 6.07) is 0. The van der Waals surface area contributed by atoms with Gasteiger partial charge in [0.1, 0.15) is 0 Å². The monoisotopic (exact) mass is 138 g/mol. The van der Waals surface area contributed by atoms with Crippen molar-refractivity contribution in [1.29, 1.82) is 0 Å². The van der Waals surface area contributed by atoms with Gasteiger partial charge in [-0.05, 0) is 30.6 Å². The molecule has 1 atom stereocenters. The van der Waals surface area contributed by atoms with Crippen molar-refractivity contribution >= 4 is 0 Å². The van der Waals surface area contributed by atoms with Gasteiger partial charge in [0.05, 0.1) is 0 Å². The minimum Gasteiger partial charge on any atom is -0.103 e. The standard InChI is InChI=1S/C10H18/c1-4-8-10(3,5-2)9-6-7-9/h5,9H,2,4,6-8H2,1,3H3. The van der Waals surface area contributed by atoms with E-state index in [0.717, 1.165) is 5.92 Å². The summed E-state index contributed by atoms with van der Waals surface area (Å²) in [5.74, 6) is 0.963. The molecule has 0 radical (unpaired) electrons. The maximum atomic E-state index is 3.91. The molecule has 1 saturated carbocycles. The summed E-state index contributed by atoms with van der Waals surface area (Å²) < 4.78 is 0. The first-order valence-corrected chi connectivity index (χ1v) is 4.36. The molecule has 0 aromatic heterocycles. The first-order chi connectivity index (χ1) is 4.73. The Hall–Kier alpha value is -0.260. The molecule has 0 spiro atoms. The fourth-order valence-electron chi connectivity index (χ4n) is 1.75. The van der Waals surface area contributed by atoms with E-state index in [9.17, 15) is 0 Å². The van der Waals surface area contributed by atoms with Crippen molar-refractivity contribution in [2.75, 3.05) is 0 Å².